The van der Waals surface area contributed by atoms with E-state index in [1.165, 1.54) is 6.07 Å². The first-order chi connectivity index (χ1) is 10.6. The Kier molecular flexibility index (Phi) is 5.85. The van der Waals surface area contributed by atoms with Gasteiger partial charge in [-0.25, -0.2) is 9.18 Å². The number of carbonyl (C=O) groups excluding carboxylic acids is 1. The summed E-state index contributed by atoms with van der Waals surface area (Å²) in [6.45, 7) is 4.14. The third-order valence-electron chi connectivity index (χ3n) is 3.36. The summed E-state index contributed by atoms with van der Waals surface area (Å²) in [6.07, 6.45) is 0.805. The van der Waals surface area contributed by atoms with Crippen LogP contribution >= 0.6 is 11.6 Å². The van der Waals surface area contributed by atoms with E-state index in [4.69, 9.17) is 25.8 Å². The molecule has 0 radical (unpaired) electrons. The summed E-state index contributed by atoms with van der Waals surface area (Å²) in [6, 6.07) is 1.49. The van der Waals surface area contributed by atoms with Crippen molar-refractivity contribution in [3.05, 3.63) is 22.5 Å². The molecule has 5 nitrogen and oxygen atoms in total. The Balaban J connectivity index is 2.38. The summed E-state index contributed by atoms with van der Waals surface area (Å²) in [5, 5.41) is -0.121. The van der Waals surface area contributed by atoms with E-state index in [1.54, 1.807) is 14.0 Å². The van der Waals surface area contributed by atoms with Crippen molar-refractivity contribution in [3.8, 4) is 5.75 Å². The second-order valence-electron chi connectivity index (χ2n) is 4.80. The van der Waals surface area contributed by atoms with Crippen molar-refractivity contribution in [3.63, 3.8) is 0 Å². The van der Waals surface area contributed by atoms with E-state index in [2.05, 4.69) is 0 Å². The van der Waals surface area contributed by atoms with E-state index in [1.807, 2.05) is 4.90 Å². The van der Waals surface area contributed by atoms with Crippen LogP contribution in [0, 0.1) is 5.82 Å². The number of rotatable bonds is 6. The van der Waals surface area contributed by atoms with Gasteiger partial charge in [0.25, 0.3) is 0 Å². The molecule has 1 aliphatic rings. The molecule has 22 heavy (non-hydrogen) atoms. The molecule has 0 aromatic heterocycles. The lowest BCUT2D eigenvalue weighted by Gasteiger charge is -2.32. The zero-order chi connectivity index (χ0) is 16.1. The molecule has 0 N–H and O–H groups in total. The van der Waals surface area contributed by atoms with E-state index in [9.17, 15) is 9.18 Å². The van der Waals surface area contributed by atoms with Gasteiger partial charge in [-0.1, -0.05) is 11.6 Å². The fourth-order valence-electron chi connectivity index (χ4n) is 2.37. The molecular formula is C15H19ClFNO4. The number of methoxy groups -OCH3 is 1. The van der Waals surface area contributed by atoms with Gasteiger partial charge in [0.1, 0.15) is 12.2 Å². The number of carbonyl (C=O) groups is 1. The van der Waals surface area contributed by atoms with Crippen LogP contribution < -0.4 is 9.64 Å². The topological polar surface area (TPSA) is 48.0 Å². The van der Waals surface area contributed by atoms with E-state index in [-0.39, 0.29) is 22.9 Å². The summed E-state index contributed by atoms with van der Waals surface area (Å²) in [5.74, 6) is -1.38. The average Bonchev–Trinajstić information content (AvgIpc) is 2.49. The fraction of sp³-hybridized carbons (Fsp3) is 0.533. The Morgan fingerprint density at radius 2 is 2.32 bits per heavy atom. The Morgan fingerprint density at radius 1 is 1.55 bits per heavy atom. The first-order valence-corrected chi connectivity index (χ1v) is 7.53. The first kappa shape index (κ1) is 16.8. The van der Waals surface area contributed by atoms with Gasteiger partial charge < -0.3 is 19.1 Å². The molecule has 1 aliphatic heterocycles. The van der Waals surface area contributed by atoms with E-state index in [0.29, 0.717) is 32.0 Å². The smallest absolute Gasteiger partial charge is 0.345 e. The van der Waals surface area contributed by atoms with Gasteiger partial charge in [0, 0.05) is 20.3 Å². The highest BCUT2D eigenvalue weighted by atomic mass is 35.5. The summed E-state index contributed by atoms with van der Waals surface area (Å²) >= 11 is 5.93. The van der Waals surface area contributed by atoms with Gasteiger partial charge in [-0.2, -0.15) is 0 Å². The number of benzene rings is 1. The number of halogens is 2. The molecule has 0 saturated heterocycles. The lowest BCUT2D eigenvalue weighted by Crippen LogP contribution is -2.35. The highest BCUT2D eigenvalue weighted by Crippen LogP contribution is 2.40. The van der Waals surface area contributed by atoms with Crippen LogP contribution in [0.25, 0.3) is 0 Å². The van der Waals surface area contributed by atoms with Crippen LogP contribution in [0.3, 0.4) is 0 Å². The fourth-order valence-corrected chi connectivity index (χ4v) is 2.57. The third-order valence-corrected chi connectivity index (χ3v) is 3.63. The molecule has 122 valence electrons. The lowest BCUT2D eigenvalue weighted by molar-refractivity contribution is 0.0515. The van der Waals surface area contributed by atoms with Crippen molar-refractivity contribution in [2.45, 2.75) is 13.3 Å². The summed E-state index contributed by atoms with van der Waals surface area (Å²) in [4.78, 5) is 14.0. The summed E-state index contributed by atoms with van der Waals surface area (Å²) in [7, 11) is 1.64. The summed E-state index contributed by atoms with van der Waals surface area (Å²) in [5.41, 5.74) is 0.373. The maximum Gasteiger partial charge on any atom is 0.345 e. The maximum absolute atomic E-state index is 14.2. The minimum atomic E-state index is -0.808. The minimum absolute atomic E-state index is 0.121. The van der Waals surface area contributed by atoms with E-state index < -0.39 is 11.8 Å². The lowest BCUT2D eigenvalue weighted by atomic mass is 10.1. The molecular weight excluding hydrogens is 313 g/mol. The van der Waals surface area contributed by atoms with E-state index in [0.717, 1.165) is 6.42 Å². The number of hydrogen-bond donors (Lipinski definition) is 0. The van der Waals surface area contributed by atoms with Gasteiger partial charge in [0.2, 0.25) is 0 Å². The monoisotopic (exact) mass is 331 g/mol. The first-order valence-electron chi connectivity index (χ1n) is 7.16. The second-order valence-corrected chi connectivity index (χ2v) is 5.21. The number of fused-ring (bicyclic) bond motifs is 1. The highest BCUT2D eigenvalue weighted by molar-refractivity contribution is 6.31. The van der Waals surface area contributed by atoms with Crippen LogP contribution in [0.4, 0.5) is 10.1 Å². The molecule has 7 heteroatoms. The molecule has 1 aromatic carbocycles. The van der Waals surface area contributed by atoms with Crippen LogP contribution in [-0.4, -0.2) is 46.0 Å². The van der Waals surface area contributed by atoms with E-state index >= 15 is 0 Å². The molecule has 0 saturated carbocycles. The number of ether oxygens (including phenoxy) is 3. The van der Waals surface area contributed by atoms with Crippen LogP contribution in [-0.2, 0) is 9.47 Å². The molecule has 0 amide bonds. The van der Waals surface area contributed by atoms with Gasteiger partial charge in [0.05, 0.1) is 23.9 Å². The minimum Gasteiger partial charge on any atom is -0.489 e. The van der Waals surface area contributed by atoms with Crippen molar-refractivity contribution in [1.29, 1.82) is 0 Å². The Labute approximate surface area is 133 Å². The molecule has 0 atom stereocenters. The van der Waals surface area contributed by atoms with Crippen molar-refractivity contribution in [1.82, 2.24) is 0 Å². The number of esters is 1. The zero-order valence-corrected chi connectivity index (χ0v) is 13.4. The van der Waals surface area contributed by atoms with Crippen LogP contribution in [0.5, 0.6) is 5.75 Å². The van der Waals surface area contributed by atoms with Gasteiger partial charge in [-0.05, 0) is 19.4 Å². The molecule has 0 fully saturated rings. The SMILES string of the molecule is CCOC(=O)c1c(F)c(Cl)cc2c1OCCN2CCCOC. The van der Waals surface area contributed by atoms with Crippen LogP contribution in [0.2, 0.25) is 5.02 Å². The summed E-state index contributed by atoms with van der Waals surface area (Å²) < 4.78 is 29.7. The number of hydrogen-bond acceptors (Lipinski definition) is 5. The van der Waals surface area contributed by atoms with Crippen LogP contribution in [0.1, 0.15) is 23.7 Å². The third kappa shape index (κ3) is 3.44. The van der Waals surface area contributed by atoms with Crippen molar-refractivity contribution in [2.24, 2.45) is 0 Å². The van der Waals surface area contributed by atoms with Crippen LogP contribution in [0.15, 0.2) is 6.07 Å². The zero-order valence-electron chi connectivity index (χ0n) is 12.7. The molecule has 0 bridgehead atoms. The highest BCUT2D eigenvalue weighted by Gasteiger charge is 2.30. The average molecular weight is 332 g/mol. The molecule has 0 spiro atoms. The van der Waals surface area contributed by atoms with Gasteiger partial charge >= 0.3 is 5.97 Å². The molecule has 1 heterocycles. The molecule has 2 rings (SSSR count). The Morgan fingerprint density at radius 3 is 3.00 bits per heavy atom. The van der Waals surface area contributed by atoms with Crippen molar-refractivity contribution < 1.29 is 23.4 Å². The van der Waals surface area contributed by atoms with Gasteiger partial charge in [0.15, 0.2) is 11.6 Å². The normalized spacial score (nSPS) is 13.5. The second kappa shape index (κ2) is 7.65. The van der Waals surface area contributed by atoms with Gasteiger partial charge in [-0.3, -0.25) is 0 Å². The van der Waals surface area contributed by atoms with Gasteiger partial charge in [-0.15, -0.1) is 0 Å². The standard InChI is InChI=1S/C15H19ClFNO4/c1-3-21-15(19)12-13(17)10(16)9-11-14(12)22-8-6-18(11)5-4-7-20-2/h9H,3-8H2,1-2H3. The Hall–Kier alpha value is -1.53. The van der Waals surface area contributed by atoms with Crippen molar-refractivity contribution >= 4 is 23.3 Å². The largest absolute Gasteiger partial charge is 0.489 e. The predicted octanol–water partition coefficient (Wildman–Crippen LogP) is 2.89. The van der Waals surface area contributed by atoms with Crippen molar-refractivity contribution in [2.75, 3.05) is 44.9 Å². The number of anilines is 1. The molecule has 1 aromatic rings. The quantitative estimate of drug-likeness (QED) is 0.592. The Bertz CT molecular complexity index is 553. The number of nitrogens with zero attached hydrogens (tertiary/aromatic N) is 1. The maximum atomic E-state index is 14.2. The molecule has 0 unspecified atom stereocenters. The predicted molar refractivity (Wildman–Crippen MR) is 81.6 cm³/mol. The molecule has 0 aliphatic carbocycles.